The maximum Gasteiger partial charge on any atom is 0.408 e. The lowest BCUT2D eigenvalue weighted by Gasteiger charge is -2.29. The molecule has 4 rings (SSSR count). The fourth-order valence-electron chi connectivity index (χ4n) is 4.78. The normalized spacial score (nSPS) is 12.5. The van der Waals surface area contributed by atoms with Crippen LogP contribution in [0, 0.1) is 0 Å². The number of nitrogens with one attached hydrogen (secondary N) is 4. The maximum atomic E-state index is 13.4. The third-order valence-electron chi connectivity index (χ3n) is 7.12. The Morgan fingerprint density at radius 2 is 1.74 bits per heavy atom. The molecule has 0 bridgehead atoms. The van der Waals surface area contributed by atoms with Crippen LogP contribution >= 0.6 is 0 Å². The van der Waals surface area contributed by atoms with Crippen molar-refractivity contribution in [1.29, 1.82) is 0 Å². The molecule has 2 aromatic carbocycles. The summed E-state index contributed by atoms with van der Waals surface area (Å²) in [6.45, 7) is 9.64. The van der Waals surface area contributed by atoms with Crippen LogP contribution in [-0.2, 0) is 38.6 Å². The predicted octanol–water partition coefficient (Wildman–Crippen LogP) is 3.97. The Labute approximate surface area is 268 Å². The Kier molecular flexibility index (Phi) is 11.5. The zero-order chi connectivity index (χ0) is 33.2. The Hall–Kier alpha value is -4.78. The molecule has 3 amide bonds. The highest BCUT2D eigenvalue weighted by molar-refractivity contribution is 5.89. The van der Waals surface area contributed by atoms with Gasteiger partial charge in [0.25, 0.3) is 0 Å². The average molecular weight is 633 g/mol. The number of hydrogen-bond donors (Lipinski definition) is 4. The minimum atomic E-state index is -1.32. The van der Waals surface area contributed by atoms with E-state index in [4.69, 9.17) is 9.47 Å². The van der Waals surface area contributed by atoms with Gasteiger partial charge in [0.1, 0.15) is 17.2 Å². The number of H-pyrrole nitrogens is 1. The third-order valence-corrected chi connectivity index (χ3v) is 7.12. The summed E-state index contributed by atoms with van der Waals surface area (Å²) in [6, 6.07) is 17.0. The van der Waals surface area contributed by atoms with E-state index >= 15 is 0 Å². The lowest BCUT2D eigenvalue weighted by atomic mass is 10.0. The molecule has 13 heteroatoms. The Morgan fingerprint density at radius 1 is 1.00 bits per heavy atom. The number of hydrogen-bond acceptors (Lipinski definition) is 8. The molecule has 46 heavy (non-hydrogen) atoms. The van der Waals surface area contributed by atoms with Crippen LogP contribution in [0.25, 0.3) is 10.9 Å². The fraction of sp³-hybridized carbons (Fsp3) is 0.455. The van der Waals surface area contributed by atoms with Gasteiger partial charge >= 0.3 is 6.09 Å². The zero-order valence-corrected chi connectivity index (χ0v) is 27.1. The molecule has 4 aromatic rings. The largest absolute Gasteiger partial charge is 0.444 e. The Morgan fingerprint density at radius 3 is 2.50 bits per heavy atom. The van der Waals surface area contributed by atoms with Gasteiger partial charge in [0, 0.05) is 36.6 Å². The molecule has 0 saturated carbocycles. The van der Waals surface area contributed by atoms with Gasteiger partial charge in [-0.3, -0.25) is 9.59 Å². The summed E-state index contributed by atoms with van der Waals surface area (Å²) in [5.74, 6) is -0.175. The van der Waals surface area contributed by atoms with Crippen molar-refractivity contribution >= 4 is 28.8 Å². The minimum absolute atomic E-state index is 0.0673. The molecule has 0 fully saturated rings. The average Bonchev–Trinajstić information content (AvgIpc) is 3.63. The standard InChI is InChI=1S/C33H44N8O5/c1-32(2,3)46-31(44)37-33(4,5)30(43)36-27(22-45-21-23-12-7-6-8-13-23)29-38-39-40-41(29)19-11-16-28(42)34-18-17-24-20-35-26-15-10-9-14-25(24)26/h6-10,12-15,20,27,35H,11,16-19,21-22H2,1-5H3,(H,34,42)(H,36,43)(H,37,44)/t27-/m1/s1. The molecule has 0 saturated heterocycles. The summed E-state index contributed by atoms with van der Waals surface area (Å²) < 4.78 is 12.9. The first kappa shape index (κ1) is 34.1. The number of rotatable bonds is 15. The van der Waals surface area contributed by atoms with Gasteiger partial charge in [0.05, 0.1) is 13.2 Å². The van der Waals surface area contributed by atoms with Crippen LogP contribution in [0.5, 0.6) is 0 Å². The van der Waals surface area contributed by atoms with Gasteiger partial charge in [-0.15, -0.1) is 5.10 Å². The Bertz CT molecular complexity index is 1590. The molecule has 1 atom stereocenters. The van der Waals surface area contributed by atoms with Crippen LogP contribution in [-0.4, -0.2) is 67.4 Å². The van der Waals surface area contributed by atoms with Gasteiger partial charge in [-0.05, 0) is 75.1 Å². The van der Waals surface area contributed by atoms with E-state index in [1.165, 1.54) is 0 Å². The number of aromatic nitrogens is 5. The zero-order valence-electron chi connectivity index (χ0n) is 27.1. The van der Waals surface area contributed by atoms with E-state index < -0.39 is 29.2 Å². The van der Waals surface area contributed by atoms with Crippen molar-refractivity contribution in [3.63, 3.8) is 0 Å². The van der Waals surface area contributed by atoms with Crippen molar-refractivity contribution in [1.82, 2.24) is 41.1 Å². The van der Waals surface area contributed by atoms with Crippen LogP contribution in [0.1, 0.15) is 70.5 Å². The van der Waals surface area contributed by atoms with Crippen molar-refractivity contribution in [2.24, 2.45) is 0 Å². The highest BCUT2D eigenvalue weighted by atomic mass is 16.6. The number of benzene rings is 2. The molecule has 0 unspecified atom stereocenters. The SMILES string of the molecule is CC(C)(C)OC(=O)NC(C)(C)C(=O)N[C@H](COCc1ccccc1)c1nnnn1CCCC(=O)NCCc1c[nH]c2ccccc12. The number of aromatic amines is 1. The molecule has 0 aliphatic rings. The van der Waals surface area contributed by atoms with E-state index in [-0.39, 0.29) is 18.9 Å². The number of amides is 3. The number of fused-ring (bicyclic) bond motifs is 1. The first-order valence-corrected chi connectivity index (χ1v) is 15.4. The molecule has 2 aromatic heterocycles. The van der Waals surface area contributed by atoms with Crippen molar-refractivity contribution < 1.29 is 23.9 Å². The lowest BCUT2D eigenvalue weighted by Crippen LogP contribution is -2.56. The van der Waals surface area contributed by atoms with Crippen molar-refractivity contribution in [2.45, 2.75) is 84.2 Å². The predicted molar refractivity (Wildman–Crippen MR) is 172 cm³/mol. The number of ether oxygens (including phenoxy) is 2. The van der Waals surface area contributed by atoms with E-state index in [2.05, 4.69) is 42.5 Å². The number of alkyl carbamates (subject to hydrolysis) is 1. The van der Waals surface area contributed by atoms with Crippen molar-refractivity contribution in [3.05, 3.63) is 77.7 Å². The van der Waals surface area contributed by atoms with Gasteiger partial charge < -0.3 is 30.4 Å². The van der Waals surface area contributed by atoms with E-state index in [1.807, 2.05) is 54.7 Å². The summed E-state index contributed by atoms with van der Waals surface area (Å²) in [7, 11) is 0. The first-order chi connectivity index (χ1) is 21.9. The fourth-order valence-corrected chi connectivity index (χ4v) is 4.78. The van der Waals surface area contributed by atoms with Gasteiger partial charge in [-0.1, -0.05) is 48.5 Å². The smallest absolute Gasteiger partial charge is 0.408 e. The summed E-state index contributed by atoms with van der Waals surface area (Å²) in [5, 5.41) is 21.8. The van der Waals surface area contributed by atoms with Crippen molar-refractivity contribution in [3.8, 4) is 0 Å². The lowest BCUT2D eigenvalue weighted by molar-refractivity contribution is -0.128. The number of aryl methyl sites for hydroxylation is 1. The molecule has 4 N–H and O–H groups in total. The van der Waals surface area contributed by atoms with Crippen LogP contribution in [0.3, 0.4) is 0 Å². The van der Waals surface area contributed by atoms with E-state index in [1.54, 1.807) is 39.3 Å². The second kappa shape index (κ2) is 15.5. The van der Waals surface area contributed by atoms with Crippen LogP contribution in [0.4, 0.5) is 4.79 Å². The Balaban J connectivity index is 1.34. The quantitative estimate of drug-likeness (QED) is 0.153. The minimum Gasteiger partial charge on any atom is -0.444 e. The molecule has 13 nitrogen and oxygen atoms in total. The van der Waals surface area contributed by atoms with E-state index in [9.17, 15) is 14.4 Å². The number of carbonyl (C=O) groups is 3. The number of carbonyl (C=O) groups excluding carboxylic acids is 3. The maximum absolute atomic E-state index is 13.4. The topological polar surface area (TPSA) is 165 Å². The van der Waals surface area contributed by atoms with E-state index in [0.29, 0.717) is 31.9 Å². The van der Waals surface area contributed by atoms with Gasteiger partial charge in [-0.25, -0.2) is 9.48 Å². The van der Waals surface area contributed by atoms with Gasteiger partial charge in [-0.2, -0.15) is 0 Å². The molecular formula is C33H44N8O5. The second-order valence-corrected chi connectivity index (χ2v) is 12.6. The van der Waals surface area contributed by atoms with Crippen LogP contribution < -0.4 is 16.0 Å². The van der Waals surface area contributed by atoms with Gasteiger partial charge in [0.2, 0.25) is 11.8 Å². The van der Waals surface area contributed by atoms with E-state index in [0.717, 1.165) is 28.5 Å². The highest BCUT2D eigenvalue weighted by Crippen LogP contribution is 2.18. The second-order valence-electron chi connectivity index (χ2n) is 12.6. The summed E-state index contributed by atoms with van der Waals surface area (Å²) in [4.78, 5) is 41.7. The number of tetrazole rings is 1. The van der Waals surface area contributed by atoms with Crippen molar-refractivity contribution in [2.75, 3.05) is 13.2 Å². The summed E-state index contributed by atoms with van der Waals surface area (Å²) in [6.07, 6.45) is 2.74. The highest BCUT2D eigenvalue weighted by Gasteiger charge is 2.34. The summed E-state index contributed by atoms with van der Waals surface area (Å²) in [5.41, 5.74) is 1.16. The molecular weight excluding hydrogens is 588 g/mol. The van der Waals surface area contributed by atoms with Crippen LogP contribution in [0.15, 0.2) is 60.8 Å². The molecule has 0 aliphatic heterocycles. The third kappa shape index (κ3) is 10.1. The van der Waals surface area contributed by atoms with Crippen LogP contribution in [0.2, 0.25) is 0 Å². The molecule has 0 spiro atoms. The molecule has 246 valence electrons. The molecule has 0 aliphatic carbocycles. The monoisotopic (exact) mass is 632 g/mol. The molecule has 0 radical (unpaired) electrons. The van der Waals surface area contributed by atoms with Gasteiger partial charge in [0.15, 0.2) is 5.82 Å². The first-order valence-electron chi connectivity index (χ1n) is 15.4. The summed E-state index contributed by atoms with van der Waals surface area (Å²) >= 11 is 0. The number of para-hydroxylation sites is 1. The molecule has 2 heterocycles. The number of nitrogens with zero attached hydrogens (tertiary/aromatic N) is 4.